The number of H-pyrrole nitrogens is 1. The average molecular weight is 556 g/mol. The highest BCUT2D eigenvalue weighted by atomic mass is 19.4. The standard InChI is InChI=1S/C25H23N5O3.C2HF3O2/c1-16(31)30-14-4-5-18(15-30)22-25(27-13-12-26-22)33-19-10-8-17(9-11-19)23(32)24-28-20-6-2-3-7-21(20)29-24;3-2(4,5)1(6)7/h2-3,6-13,18H,4-5,14-15H2,1H3,(H,28,29);(H,6,7). The number of halogens is 3. The molecule has 0 aliphatic carbocycles. The van der Waals surface area contributed by atoms with Gasteiger partial charge in [0.25, 0.3) is 0 Å². The molecule has 1 aliphatic heterocycles. The van der Waals surface area contributed by atoms with Gasteiger partial charge in [0.05, 0.1) is 11.0 Å². The number of aromatic nitrogens is 4. The van der Waals surface area contributed by atoms with Gasteiger partial charge in [-0.15, -0.1) is 0 Å². The molecule has 1 fully saturated rings. The molecule has 1 saturated heterocycles. The molecule has 5 rings (SSSR count). The second kappa shape index (κ2) is 11.9. The summed E-state index contributed by atoms with van der Waals surface area (Å²) in [6.45, 7) is 2.96. The quantitative estimate of drug-likeness (QED) is 0.337. The minimum absolute atomic E-state index is 0.0655. The number of nitrogens with one attached hydrogen (secondary N) is 1. The molecule has 2 aromatic heterocycles. The number of carbonyl (C=O) groups is 3. The van der Waals surface area contributed by atoms with E-state index in [-0.39, 0.29) is 17.6 Å². The molecule has 1 atom stereocenters. The number of amides is 1. The lowest BCUT2D eigenvalue weighted by molar-refractivity contribution is -0.192. The van der Waals surface area contributed by atoms with Gasteiger partial charge < -0.3 is 19.7 Å². The predicted octanol–water partition coefficient (Wildman–Crippen LogP) is 4.74. The fourth-order valence-corrected chi connectivity index (χ4v) is 4.16. The number of ketones is 1. The number of likely N-dealkylation sites (tertiary alicyclic amines) is 1. The van der Waals surface area contributed by atoms with Crippen LogP contribution in [0.25, 0.3) is 11.0 Å². The maximum atomic E-state index is 12.8. The maximum Gasteiger partial charge on any atom is 0.490 e. The molecule has 4 aromatic rings. The summed E-state index contributed by atoms with van der Waals surface area (Å²) in [7, 11) is 0. The number of carbonyl (C=O) groups excluding carboxylic acids is 2. The molecular formula is C27H24F3N5O5. The number of fused-ring (bicyclic) bond motifs is 1. The number of para-hydroxylation sites is 2. The number of imidazole rings is 1. The maximum absolute atomic E-state index is 12.8. The minimum atomic E-state index is -5.08. The number of carboxylic acids is 1. The first-order chi connectivity index (χ1) is 19.0. The molecule has 0 bridgehead atoms. The average Bonchev–Trinajstić information content (AvgIpc) is 3.38. The molecule has 1 aliphatic rings. The zero-order chi connectivity index (χ0) is 28.9. The van der Waals surface area contributed by atoms with Gasteiger partial charge in [-0.25, -0.2) is 14.8 Å². The van der Waals surface area contributed by atoms with E-state index >= 15 is 0 Å². The Bertz CT molecular complexity index is 1490. The van der Waals surface area contributed by atoms with Crippen LogP contribution >= 0.6 is 0 Å². The first-order valence-corrected chi connectivity index (χ1v) is 12.2. The van der Waals surface area contributed by atoms with Crippen molar-refractivity contribution in [1.29, 1.82) is 0 Å². The molecule has 13 heteroatoms. The first-order valence-electron chi connectivity index (χ1n) is 12.2. The molecule has 40 heavy (non-hydrogen) atoms. The lowest BCUT2D eigenvalue weighted by Crippen LogP contribution is -2.38. The highest BCUT2D eigenvalue weighted by Crippen LogP contribution is 2.32. The van der Waals surface area contributed by atoms with Crippen molar-refractivity contribution in [3.63, 3.8) is 0 Å². The molecule has 1 amide bonds. The minimum Gasteiger partial charge on any atom is -0.475 e. The third kappa shape index (κ3) is 6.79. The van der Waals surface area contributed by atoms with E-state index in [0.29, 0.717) is 29.6 Å². The van der Waals surface area contributed by atoms with E-state index < -0.39 is 12.1 Å². The first kappa shape index (κ1) is 28.2. The van der Waals surface area contributed by atoms with Crippen LogP contribution in [0.5, 0.6) is 11.6 Å². The highest BCUT2D eigenvalue weighted by molar-refractivity contribution is 6.08. The summed E-state index contributed by atoms with van der Waals surface area (Å²) < 4.78 is 37.8. The summed E-state index contributed by atoms with van der Waals surface area (Å²) in [6, 6.07) is 14.4. The second-order valence-electron chi connectivity index (χ2n) is 8.91. The Kier molecular flexibility index (Phi) is 8.41. The summed E-state index contributed by atoms with van der Waals surface area (Å²) in [6.07, 6.45) is -0.0173. The molecule has 0 spiro atoms. The number of aromatic amines is 1. The summed E-state index contributed by atoms with van der Waals surface area (Å²) in [4.78, 5) is 51.7. The molecule has 2 N–H and O–H groups in total. The van der Waals surface area contributed by atoms with Crippen LogP contribution in [0, 0.1) is 0 Å². The number of ether oxygens (including phenoxy) is 1. The number of benzene rings is 2. The Hall–Kier alpha value is -4.81. The van der Waals surface area contributed by atoms with Gasteiger partial charge in [0, 0.05) is 43.9 Å². The molecule has 3 heterocycles. The van der Waals surface area contributed by atoms with Crippen LogP contribution in [-0.2, 0) is 9.59 Å². The SMILES string of the molecule is CC(=O)N1CCCC(c2nccnc2Oc2ccc(C(=O)c3nc4ccccc4[nH]3)cc2)C1.O=C(O)C(F)(F)F. The molecular weight excluding hydrogens is 531 g/mol. The van der Waals surface area contributed by atoms with Crippen molar-refractivity contribution in [2.24, 2.45) is 0 Å². The zero-order valence-electron chi connectivity index (χ0n) is 21.2. The van der Waals surface area contributed by atoms with Gasteiger partial charge in [-0.1, -0.05) is 12.1 Å². The molecule has 1 unspecified atom stereocenters. The number of piperidine rings is 1. The summed E-state index contributed by atoms with van der Waals surface area (Å²) in [5.74, 6) is -1.54. The summed E-state index contributed by atoms with van der Waals surface area (Å²) in [5, 5.41) is 7.12. The van der Waals surface area contributed by atoms with Crippen LogP contribution in [0.4, 0.5) is 13.2 Å². The van der Waals surface area contributed by atoms with Gasteiger partial charge in [-0.3, -0.25) is 14.6 Å². The third-order valence-corrected chi connectivity index (χ3v) is 6.12. The number of alkyl halides is 3. The Morgan fingerprint density at radius 1 is 1.05 bits per heavy atom. The van der Waals surface area contributed by atoms with E-state index in [1.807, 2.05) is 29.2 Å². The van der Waals surface area contributed by atoms with Crippen LogP contribution in [0.15, 0.2) is 60.9 Å². The topological polar surface area (TPSA) is 138 Å². The van der Waals surface area contributed by atoms with Crippen molar-refractivity contribution in [2.75, 3.05) is 13.1 Å². The normalized spacial score (nSPS) is 15.2. The van der Waals surface area contributed by atoms with Gasteiger partial charge in [0.1, 0.15) is 11.4 Å². The van der Waals surface area contributed by atoms with Crippen LogP contribution in [0.3, 0.4) is 0 Å². The van der Waals surface area contributed by atoms with Gasteiger partial charge in [-0.2, -0.15) is 13.2 Å². The monoisotopic (exact) mass is 555 g/mol. The van der Waals surface area contributed by atoms with E-state index in [2.05, 4.69) is 19.9 Å². The van der Waals surface area contributed by atoms with Crippen LogP contribution in [-0.4, -0.2) is 66.9 Å². The van der Waals surface area contributed by atoms with Crippen LogP contribution in [0.2, 0.25) is 0 Å². The number of aliphatic carboxylic acids is 1. The van der Waals surface area contributed by atoms with Crippen molar-refractivity contribution in [1.82, 2.24) is 24.8 Å². The van der Waals surface area contributed by atoms with Crippen LogP contribution < -0.4 is 4.74 Å². The van der Waals surface area contributed by atoms with E-state index in [0.717, 1.165) is 36.1 Å². The molecule has 2 aromatic carbocycles. The van der Waals surface area contributed by atoms with E-state index in [4.69, 9.17) is 14.6 Å². The molecule has 0 saturated carbocycles. The van der Waals surface area contributed by atoms with E-state index in [1.54, 1.807) is 43.6 Å². The fourth-order valence-electron chi connectivity index (χ4n) is 4.16. The van der Waals surface area contributed by atoms with E-state index in [9.17, 15) is 22.8 Å². The van der Waals surface area contributed by atoms with Gasteiger partial charge >= 0.3 is 12.1 Å². The van der Waals surface area contributed by atoms with Gasteiger partial charge in [0.2, 0.25) is 17.6 Å². The molecule has 0 radical (unpaired) electrons. The predicted molar refractivity (Wildman–Crippen MR) is 136 cm³/mol. The highest BCUT2D eigenvalue weighted by Gasteiger charge is 2.38. The van der Waals surface area contributed by atoms with Crippen molar-refractivity contribution in [3.05, 3.63) is 78.0 Å². The lowest BCUT2D eigenvalue weighted by atomic mass is 9.94. The number of nitrogens with zero attached hydrogens (tertiary/aromatic N) is 4. The number of hydrogen-bond acceptors (Lipinski definition) is 7. The number of carboxylic acid groups (broad SMARTS) is 1. The van der Waals surface area contributed by atoms with Gasteiger partial charge in [0.15, 0.2) is 5.82 Å². The van der Waals surface area contributed by atoms with Crippen molar-refractivity contribution < 1.29 is 37.4 Å². The largest absolute Gasteiger partial charge is 0.490 e. The van der Waals surface area contributed by atoms with Crippen LogP contribution in [0.1, 0.15) is 47.6 Å². The second-order valence-corrected chi connectivity index (χ2v) is 8.91. The Labute approximate surface area is 225 Å². The van der Waals surface area contributed by atoms with Gasteiger partial charge in [-0.05, 0) is 49.2 Å². The zero-order valence-corrected chi connectivity index (χ0v) is 21.2. The smallest absolute Gasteiger partial charge is 0.475 e. The summed E-state index contributed by atoms with van der Waals surface area (Å²) >= 11 is 0. The van der Waals surface area contributed by atoms with Crippen molar-refractivity contribution in [3.8, 4) is 11.6 Å². The Morgan fingerprint density at radius 3 is 2.38 bits per heavy atom. The Morgan fingerprint density at radius 2 is 1.73 bits per heavy atom. The third-order valence-electron chi connectivity index (χ3n) is 6.12. The molecule has 10 nitrogen and oxygen atoms in total. The molecule has 208 valence electrons. The fraction of sp³-hybridized carbons (Fsp3) is 0.259. The number of rotatable bonds is 5. The van der Waals surface area contributed by atoms with E-state index in [1.165, 1.54) is 0 Å². The van der Waals surface area contributed by atoms with Crippen molar-refractivity contribution in [2.45, 2.75) is 31.9 Å². The lowest BCUT2D eigenvalue weighted by Gasteiger charge is -2.32. The number of hydrogen-bond donors (Lipinski definition) is 2. The van der Waals surface area contributed by atoms with Crippen molar-refractivity contribution >= 4 is 28.7 Å². The summed E-state index contributed by atoms with van der Waals surface area (Å²) in [5.41, 5.74) is 2.82. The Balaban J connectivity index is 0.000000470.